The first-order valence-electron chi connectivity index (χ1n) is 5.75. The molecule has 4 heteroatoms. The van der Waals surface area contributed by atoms with Crippen molar-refractivity contribution in [3.63, 3.8) is 0 Å². The molecule has 2 heterocycles. The Morgan fingerprint density at radius 3 is 2.88 bits per heavy atom. The number of hydrogen-bond acceptors (Lipinski definition) is 4. The molecule has 1 aromatic rings. The zero-order valence-electron chi connectivity index (χ0n) is 9.61. The molecule has 0 aliphatic carbocycles. The fourth-order valence-corrected chi connectivity index (χ4v) is 2.80. The number of ether oxygens (including phenoxy) is 1. The second-order valence-electron chi connectivity index (χ2n) is 4.51. The zero-order valence-corrected chi connectivity index (χ0v) is 10.4. The molecule has 3 nitrogen and oxygen atoms in total. The minimum absolute atomic E-state index is 0.0370. The summed E-state index contributed by atoms with van der Waals surface area (Å²) in [5.74, 6) is 0. The van der Waals surface area contributed by atoms with Crippen molar-refractivity contribution >= 4 is 11.3 Å². The van der Waals surface area contributed by atoms with Crippen LogP contribution in [-0.4, -0.2) is 31.5 Å². The van der Waals surface area contributed by atoms with Crippen LogP contribution in [0, 0.1) is 5.41 Å². The highest BCUT2D eigenvalue weighted by atomic mass is 32.1. The van der Waals surface area contributed by atoms with Crippen LogP contribution in [0.25, 0.3) is 0 Å². The number of aliphatic hydroxyl groups is 1. The summed E-state index contributed by atoms with van der Waals surface area (Å²) in [5.41, 5.74) is -0.0370. The number of hydrogen-bond donors (Lipinski definition) is 2. The molecule has 0 saturated carbocycles. The summed E-state index contributed by atoms with van der Waals surface area (Å²) in [5, 5.41) is 15.0. The normalized spacial score (nSPS) is 20.4. The molecule has 1 fully saturated rings. The zero-order chi connectivity index (χ0) is 11.4. The maximum Gasteiger partial charge on any atom is 0.0579 e. The van der Waals surface area contributed by atoms with Crippen LogP contribution >= 0.6 is 11.3 Å². The average molecular weight is 241 g/mol. The topological polar surface area (TPSA) is 41.5 Å². The second-order valence-corrected chi connectivity index (χ2v) is 5.49. The molecular formula is C12H19NO2S. The van der Waals surface area contributed by atoms with Crippen LogP contribution in [0.4, 0.5) is 0 Å². The van der Waals surface area contributed by atoms with Gasteiger partial charge >= 0.3 is 0 Å². The molecule has 2 rings (SSSR count). The minimum atomic E-state index is -0.0370. The number of nitrogens with one attached hydrogen (secondary N) is 1. The van der Waals surface area contributed by atoms with E-state index in [4.69, 9.17) is 4.74 Å². The molecule has 0 aromatic carbocycles. The van der Waals surface area contributed by atoms with Crippen molar-refractivity contribution in [2.24, 2.45) is 5.41 Å². The third-order valence-electron chi connectivity index (χ3n) is 3.17. The Balaban J connectivity index is 1.88. The maximum atomic E-state index is 9.34. The maximum absolute atomic E-state index is 9.34. The first kappa shape index (κ1) is 12.0. The Kier molecular flexibility index (Phi) is 3.97. The molecule has 1 aliphatic heterocycles. The van der Waals surface area contributed by atoms with Gasteiger partial charge in [0.05, 0.1) is 25.2 Å². The first-order chi connectivity index (χ1) is 7.79. The Morgan fingerprint density at radius 2 is 2.44 bits per heavy atom. The Hall–Kier alpha value is -0.420. The van der Waals surface area contributed by atoms with Crippen LogP contribution in [0.1, 0.15) is 24.3 Å². The molecule has 16 heavy (non-hydrogen) atoms. The monoisotopic (exact) mass is 241 g/mol. The standard InChI is InChI=1S/C12H19NO2S/c1-2-10(11-4-3-5-16-11)13-6-12(7-14)8-15-9-12/h3-5,10,13-14H,2,6-9H2,1H3. The number of thiophene rings is 1. The van der Waals surface area contributed by atoms with Gasteiger partial charge in [0.2, 0.25) is 0 Å². The fraction of sp³-hybridized carbons (Fsp3) is 0.667. The summed E-state index contributed by atoms with van der Waals surface area (Å²) in [6.45, 7) is 4.58. The van der Waals surface area contributed by atoms with E-state index in [0.717, 1.165) is 13.0 Å². The molecule has 0 spiro atoms. The molecule has 1 aromatic heterocycles. The number of rotatable bonds is 6. The van der Waals surface area contributed by atoms with Gasteiger partial charge in [-0.3, -0.25) is 0 Å². The molecule has 0 radical (unpaired) electrons. The minimum Gasteiger partial charge on any atom is -0.396 e. The number of aliphatic hydroxyl groups excluding tert-OH is 1. The van der Waals surface area contributed by atoms with Crippen molar-refractivity contribution in [2.75, 3.05) is 26.4 Å². The van der Waals surface area contributed by atoms with Gasteiger partial charge in [0, 0.05) is 17.5 Å². The lowest BCUT2D eigenvalue weighted by atomic mass is 9.86. The molecule has 1 saturated heterocycles. The molecule has 0 amide bonds. The van der Waals surface area contributed by atoms with E-state index in [1.54, 1.807) is 11.3 Å². The van der Waals surface area contributed by atoms with E-state index >= 15 is 0 Å². The van der Waals surface area contributed by atoms with E-state index in [0.29, 0.717) is 19.3 Å². The van der Waals surface area contributed by atoms with Crippen LogP contribution in [0.3, 0.4) is 0 Å². The lowest BCUT2D eigenvalue weighted by molar-refractivity contribution is -0.135. The van der Waals surface area contributed by atoms with Crippen LogP contribution < -0.4 is 5.32 Å². The highest BCUT2D eigenvalue weighted by Gasteiger charge is 2.38. The van der Waals surface area contributed by atoms with Gasteiger partial charge < -0.3 is 15.2 Å². The van der Waals surface area contributed by atoms with Crippen molar-refractivity contribution in [2.45, 2.75) is 19.4 Å². The summed E-state index contributed by atoms with van der Waals surface area (Å²) >= 11 is 1.78. The Labute approximate surface area is 100 Å². The highest BCUT2D eigenvalue weighted by molar-refractivity contribution is 7.10. The SMILES string of the molecule is CCC(NCC1(CO)COC1)c1cccs1. The highest BCUT2D eigenvalue weighted by Crippen LogP contribution is 2.28. The molecule has 0 bridgehead atoms. The van der Waals surface area contributed by atoms with Gasteiger partial charge in [-0.25, -0.2) is 0 Å². The lowest BCUT2D eigenvalue weighted by Crippen LogP contribution is -2.52. The van der Waals surface area contributed by atoms with Crippen LogP contribution in [-0.2, 0) is 4.74 Å². The molecule has 2 N–H and O–H groups in total. The Bertz CT molecular complexity index is 303. The van der Waals surface area contributed by atoms with E-state index in [1.165, 1.54) is 4.88 Å². The first-order valence-corrected chi connectivity index (χ1v) is 6.63. The quantitative estimate of drug-likeness (QED) is 0.798. The van der Waals surface area contributed by atoms with Crippen molar-refractivity contribution in [1.29, 1.82) is 0 Å². The van der Waals surface area contributed by atoms with Crippen molar-refractivity contribution in [3.8, 4) is 0 Å². The molecular weight excluding hydrogens is 222 g/mol. The van der Waals surface area contributed by atoms with Gasteiger partial charge in [0.25, 0.3) is 0 Å². The third-order valence-corrected chi connectivity index (χ3v) is 4.16. The summed E-state index contributed by atoms with van der Waals surface area (Å²) in [4.78, 5) is 1.37. The summed E-state index contributed by atoms with van der Waals surface area (Å²) in [7, 11) is 0. The Morgan fingerprint density at radius 1 is 1.62 bits per heavy atom. The van der Waals surface area contributed by atoms with Crippen molar-refractivity contribution in [3.05, 3.63) is 22.4 Å². The molecule has 1 atom stereocenters. The largest absolute Gasteiger partial charge is 0.396 e. The predicted octanol–water partition coefficient (Wildman–Crippen LogP) is 1.80. The summed E-state index contributed by atoms with van der Waals surface area (Å²) in [6, 6.07) is 4.65. The van der Waals surface area contributed by atoms with Crippen LogP contribution in [0.2, 0.25) is 0 Å². The second kappa shape index (κ2) is 5.27. The molecule has 1 aliphatic rings. The fourth-order valence-electron chi connectivity index (χ4n) is 1.92. The van der Waals surface area contributed by atoms with Crippen LogP contribution in [0.5, 0.6) is 0 Å². The predicted molar refractivity (Wildman–Crippen MR) is 65.7 cm³/mol. The van der Waals surface area contributed by atoms with E-state index in [2.05, 4.69) is 29.8 Å². The van der Waals surface area contributed by atoms with Gasteiger partial charge in [0.15, 0.2) is 0 Å². The van der Waals surface area contributed by atoms with Crippen molar-refractivity contribution < 1.29 is 9.84 Å². The van der Waals surface area contributed by atoms with Gasteiger partial charge in [-0.05, 0) is 17.9 Å². The lowest BCUT2D eigenvalue weighted by Gasteiger charge is -2.40. The van der Waals surface area contributed by atoms with Gasteiger partial charge in [-0.2, -0.15) is 0 Å². The van der Waals surface area contributed by atoms with Gasteiger partial charge in [-0.15, -0.1) is 11.3 Å². The van der Waals surface area contributed by atoms with Crippen LogP contribution in [0.15, 0.2) is 17.5 Å². The van der Waals surface area contributed by atoms with Gasteiger partial charge in [-0.1, -0.05) is 13.0 Å². The smallest absolute Gasteiger partial charge is 0.0579 e. The average Bonchev–Trinajstić information content (AvgIpc) is 2.76. The van der Waals surface area contributed by atoms with E-state index in [-0.39, 0.29) is 12.0 Å². The molecule has 90 valence electrons. The van der Waals surface area contributed by atoms with E-state index in [9.17, 15) is 5.11 Å². The van der Waals surface area contributed by atoms with Crippen molar-refractivity contribution in [1.82, 2.24) is 5.32 Å². The van der Waals surface area contributed by atoms with E-state index < -0.39 is 0 Å². The summed E-state index contributed by atoms with van der Waals surface area (Å²) < 4.78 is 5.19. The van der Waals surface area contributed by atoms with E-state index in [1.807, 2.05) is 0 Å². The molecule has 1 unspecified atom stereocenters. The summed E-state index contributed by atoms with van der Waals surface area (Å²) in [6.07, 6.45) is 1.07. The van der Waals surface area contributed by atoms with Gasteiger partial charge in [0.1, 0.15) is 0 Å². The third kappa shape index (κ3) is 2.46.